The molecule has 1 amide bonds. The number of aromatic nitrogens is 1. The number of nitrogens with one attached hydrogen (secondary N) is 2. The molecule has 1 heterocycles. The molecule has 2 atom stereocenters. The molecule has 138 valence electrons. The molecule has 0 spiro atoms. The zero-order valence-electron chi connectivity index (χ0n) is 15.8. The lowest BCUT2D eigenvalue weighted by atomic mass is 10.1. The second kappa shape index (κ2) is 9.64. The van der Waals surface area contributed by atoms with Crippen molar-refractivity contribution < 1.29 is 4.79 Å². The molecule has 0 aliphatic rings. The van der Waals surface area contributed by atoms with Crippen LogP contribution in [0.25, 0.3) is 0 Å². The zero-order valence-corrected chi connectivity index (χ0v) is 16.6. The molecule has 0 aliphatic carbocycles. The van der Waals surface area contributed by atoms with Crippen LogP contribution in [-0.4, -0.2) is 29.6 Å². The Morgan fingerprint density at radius 1 is 1.16 bits per heavy atom. The van der Waals surface area contributed by atoms with E-state index in [9.17, 15) is 4.79 Å². The fourth-order valence-electron chi connectivity index (χ4n) is 3.25. The van der Waals surface area contributed by atoms with E-state index in [0.29, 0.717) is 6.54 Å². The summed E-state index contributed by atoms with van der Waals surface area (Å²) in [6, 6.07) is 12.8. The van der Waals surface area contributed by atoms with E-state index in [1.165, 1.54) is 5.56 Å². The highest BCUT2D eigenvalue weighted by atomic mass is 35.5. The van der Waals surface area contributed by atoms with Gasteiger partial charge < -0.3 is 15.2 Å². The molecule has 0 radical (unpaired) electrons. The highest BCUT2D eigenvalue weighted by Gasteiger charge is 2.19. The average molecular weight is 364 g/mol. The summed E-state index contributed by atoms with van der Waals surface area (Å²) < 4.78 is 2.23. The smallest absolute Gasteiger partial charge is 0.253 e. The maximum atomic E-state index is 12.5. The van der Waals surface area contributed by atoms with E-state index in [2.05, 4.69) is 67.2 Å². The van der Waals surface area contributed by atoms with E-state index in [1.807, 2.05) is 19.1 Å². The molecule has 2 aromatic rings. The van der Waals surface area contributed by atoms with E-state index < -0.39 is 0 Å². The molecule has 2 N–H and O–H groups in total. The quantitative estimate of drug-likeness (QED) is 0.784. The molecule has 4 nitrogen and oxygen atoms in total. The van der Waals surface area contributed by atoms with Gasteiger partial charge in [0.25, 0.3) is 5.91 Å². The van der Waals surface area contributed by atoms with Crippen LogP contribution >= 0.6 is 12.4 Å². The van der Waals surface area contributed by atoms with Crippen molar-refractivity contribution in [2.75, 3.05) is 13.1 Å². The van der Waals surface area contributed by atoms with Crippen LogP contribution < -0.4 is 10.6 Å². The van der Waals surface area contributed by atoms with Gasteiger partial charge in [0.1, 0.15) is 0 Å². The monoisotopic (exact) mass is 363 g/mol. The SMILES string of the molecule is CCN[C@H](C)CNC(=O)c1cc(C)n(C(C)c2ccccc2)c1C.Cl. The third-order valence-electron chi connectivity index (χ3n) is 4.52. The number of benzene rings is 1. The van der Waals surface area contributed by atoms with Crippen molar-refractivity contribution in [3.8, 4) is 0 Å². The van der Waals surface area contributed by atoms with E-state index >= 15 is 0 Å². The Bertz CT molecular complexity index is 682. The zero-order chi connectivity index (χ0) is 17.7. The van der Waals surface area contributed by atoms with Gasteiger partial charge in [-0.15, -0.1) is 12.4 Å². The predicted octanol–water partition coefficient (Wildman–Crippen LogP) is 3.86. The van der Waals surface area contributed by atoms with Gasteiger partial charge in [-0.25, -0.2) is 0 Å². The van der Waals surface area contributed by atoms with Gasteiger partial charge in [-0.3, -0.25) is 4.79 Å². The van der Waals surface area contributed by atoms with Crippen LogP contribution in [0.15, 0.2) is 36.4 Å². The molecule has 1 aromatic carbocycles. The van der Waals surface area contributed by atoms with Crippen molar-refractivity contribution in [2.24, 2.45) is 0 Å². The Labute approximate surface area is 157 Å². The van der Waals surface area contributed by atoms with E-state index in [4.69, 9.17) is 0 Å². The highest BCUT2D eigenvalue weighted by Crippen LogP contribution is 2.25. The number of nitrogens with zero attached hydrogens (tertiary/aromatic N) is 1. The van der Waals surface area contributed by atoms with Crippen molar-refractivity contribution in [3.05, 3.63) is 58.9 Å². The molecule has 25 heavy (non-hydrogen) atoms. The number of carbonyl (C=O) groups is 1. The molecule has 0 bridgehead atoms. The van der Waals surface area contributed by atoms with Crippen LogP contribution in [0, 0.1) is 13.8 Å². The number of amides is 1. The molecular weight excluding hydrogens is 334 g/mol. The highest BCUT2D eigenvalue weighted by molar-refractivity contribution is 5.95. The fraction of sp³-hybridized carbons (Fsp3) is 0.450. The summed E-state index contributed by atoms with van der Waals surface area (Å²) in [5, 5.41) is 6.33. The largest absolute Gasteiger partial charge is 0.350 e. The summed E-state index contributed by atoms with van der Waals surface area (Å²) in [5.41, 5.74) is 4.12. The number of hydrogen-bond acceptors (Lipinski definition) is 2. The van der Waals surface area contributed by atoms with Crippen molar-refractivity contribution in [1.82, 2.24) is 15.2 Å². The standard InChI is InChI=1S/C20H29N3O.ClH/c1-6-21-14(2)13-22-20(24)19-12-15(3)23(17(19)5)16(4)18-10-8-7-9-11-18;/h7-12,14,16,21H,6,13H2,1-5H3,(H,22,24);1H/t14-,16?;/m1./s1. The van der Waals surface area contributed by atoms with Crippen molar-refractivity contribution in [2.45, 2.75) is 46.7 Å². The summed E-state index contributed by atoms with van der Waals surface area (Å²) in [6.45, 7) is 11.9. The number of rotatable bonds is 7. The first-order valence-electron chi connectivity index (χ1n) is 8.70. The van der Waals surface area contributed by atoms with E-state index in [-0.39, 0.29) is 30.4 Å². The fourth-order valence-corrected chi connectivity index (χ4v) is 3.25. The van der Waals surface area contributed by atoms with Gasteiger partial charge in [-0.1, -0.05) is 37.3 Å². The van der Waals surface area contributed by atoms with Crippen LogP contribution in [0.4, 0.5) is 0 Å². The normalized spacial score (nSPS) is 13.0. The minimum absolute atomic E-state index is 0. The van der Waals surface area contributed by atoms with Crippen molar-refractivity contribution in [1.29, 1.82) is 0 Å². The van der Waals surface area contributed by atoms with Gasteiger partial charge in [0, 0.05) is 24.0 Å². The number of likely N-dealkylation sites (N-methyl/N-ethyl adjacent to an activating group) is 1. The Balaban J connectivity index is 0.00000312. The molecule has 1 unspecified atom stereocenters. The van der Waals surface area contributed by atoms with Gasteiger partial charge in [0.15, 0.2) is 0 Å². The summed E-state index contributed by atoms with van der Waals surface area (Å²) >= 11 is 0. The molecule has 1 aromatic heterocycles. The molecule has 5 heteroatoms. The summed E-state index contributed by atoms with van der Waals surface area (Å²) in [6.07, 6.45) is 0. The number of aryl methyl sites for hydroxylation is 1. The predicted molar refractivity (Wildman–Crippen MR) is 107 cm³/mol. The molecule has 0 aliphatic heterocycles. The van der Waals surface area contributed by atoms with Crippen LogP contribution in [-0.2, 0) is 0 Å². The minimum atomic E-state index is -0.000588. The Morgan fingerprint density at radius 3 is 2.40 bits per heavy atom. The van der Waals surface area contributed by atoms with Gasteiger partial charge >= 0.3 is 0 Å². The number of carbonyl (C=O) groups excluding carboxylic acids is 1. The Kier molecular flexibility index (Phi) is 8.20. The molecule has 0 fully saturated rings. The van der Waals surface area contributed by atoms with Crippen molar-refractivity contribution in [3.63, 3.8) is 0 Å². The van der Waals surface area contributed by atoms with Gasteiger partial charge in [0.05, 0.1) is 11.6 Å². The number of hydrogen-bond donors (Lipinski definition) is 2. The van der Waals surface area contributed by atoms with E-state index in [0.717, 1.165) is 23.5 Å². The molecule has 2 rings (SSSR count). The van der Waals surface area contributed by atoms with Crippen LogP contribution in [0.1, 0.15) is 54.1 Å². The van der Waals surface area contributed by atoms with Crippen LogP contribution in [0.3, 0.4) is 0 Å². The van der Waals surface area contributed by atoms with Gasteiger partial charge in [-0.05, 0) is 45.9 Å². The first kappa shape index (κ1) is 21.3. The Morgan fingerprint density at radius 2 is 1.80 bits per heavy atom. The van der Waals surface area contributed by atoms with Crippen molar-refractivity contribution >= 4 is 18.3 Å². The number of halogens is 1. The summed E-state index contributed by atoms with van der Waals surface area (Å²) in [7, 11) is 0. The first-order valence-corrected chi connectivity index (χ1v) is 8.70. The third-order valence-corrected chi connectivity index (χ3v) is 4.52. The third kappa shape index (κ3) is 5.10. The summed E-state index contributed by atoms with van der Waals surface area (Å²) in [4.78, 5) is 12.5. The molecular formula is C20H30ClN3O. The Hall–Kier alpha value is -1.78. The summed E-state index contributed by atoms with van der Waals surface area (Å²) in [5.74, 6) is -0.000588. The minimum Gasteiger partial charge on any atom is -0.350 e. The lowest BCUT2D eigenvalue weighted by Crippen LogP contribution is -2.38. The van der Waals surface area contributed by atoms with Gasteiger partial charge in [-0.2, -0.15) is 0 Å². The van der Waals surface area contributed by atoms with E-state index in [1.54, 1.807) is 0 Å². The molecule has 0 saturated heterocycles. The second-order valence-electron chi connectivity index (χ2n) is 6.41. The molecule has 0 saturated carbocycles. The van der Waals surface area contributed by atoms with Gasteiger partial charge in [0.2, 0.25) is 0 Å². The average Bonchev–Trinajstić information content (AvgIpc) is 2.88. The topological polar surface area (TPSA) is 46.1 Å². The maximum absolute atomic E-state index is 12.5. The van der Waals surface area contributed by atoms with Crippen LogP contribution in [0.5, 0.6) is 0 Å². The lowest BCUT2D eigenvalue weighted by Gasteiger charge is -2.19. The van der Waals surface area contributed by atoms with Crippen LogP contribution in [0.2, 0.25) is 0 Å². The lowest BCUT2D eigenvalue weighted by molar-refractivity contribution is 0.0949. The second-order valence-corrected chi connectivity index (χ2v) is 6.41. The first-order chi connectivity index (χ1) is 11.5. The maximum Gasteiger partial charge on any atom is 0.253 e.